The highest BCUT2D eigenvalue weighted by Crippen LogP contribution is 2.26. The molecule has 180 valence electrons. The van der Waals surface area contributed by atoms with Crippen LogP contribution in [-0.4, -0.2) is 77.9 Å². The van der Waals surface area contributed by atoms with Gasteiger partial charge in [-0.15, -0.1) is 5.17 Å². The summed E-state index contributed by atoms with van der Waals surface area (Å²) in [4.78, 5) is 19.2. The fraction of sp³-hybridized carbons (Fsp3) is 0.375. The zero-order valence-electron chi connectivity index (χ0n) is 18.7. The van der Waals surface area contributed by atoms with Gasteiger partial charge in [0, 0.05) is 55.4 Å². The van der Waals surface area contributed by atoms with E-state index in [9.17, 15) is 15.1 Å². The lowest BCUT2D eigenvalue weighted by Crippen LogP contribution is -2.51. The van der Waals surface area contributed by atoms with Crippen molar-refractivity contribution in [1.29, 1.82) is 0 Å². The zero-order chi connectivity index (χ0) is 23.7. The highest BCUT2D eigenvalue weighted by atomic mass is 35.5. The Bertz CT molecular complexity index is 1160. The van der Waals surface area contributed by atoms with Gasteiger partial charge in [0.25, 0.3) is 0 Å². The first-order chi connectivity index (χ1) is 16.5. The van der Waals surface area contributed by atoms with Crippen molar-refractivity contribution in [2.75, 3.05) is 56.1 Å². The monoisotopic (exact) mass is 484 g/mol. The Labute approximate surface area is 202 Å². The number of benzene rings is 2. The van der Waals surface area contributed by atoms with E-state index in [2.05, 4.69) is 27.4 Å². The lowest BCUT2D eigenvalue weighted by atomic mass is 10.2. The molecule has 2 saturated heterocycles. The van der Waals surface area contributed by atoms with Crippen LogP contribution in [0.25, 0.3) is 11.0 Å². The number of furan rings is 1. The molecule has 2 aliphatic rings. The zero-order valence-corrected chi connectivity index (χ0v) is 19.4. The number of carbonyl (C=O) groups excluding carboxylic acids is 1. The molecule has 10 heteroatoms. The molecular weight excluding hydrogens is 458 g/mol. The van der Waals surface area contributed by atoms with E-state index in [0.717, 1.165) is 41.5 Å². The molecular formula is C24H27ClN5O4-. The van der Waals surface area contributed by atoms with Gasteiger partial charge in [0.1, 0.15) is 5.58 Å². The molecule has 2 aliphatic heterocycles. The number of hydrazine groups is 1. The molecule has 3 heterocycles. The first-order valence-electron chi connectivity index (χ1n) is 11.4. The molecule has 2 aromatic carbocycles. The van der Waals surface area contributed by atoms with Crippen LogP contribution in [0.5, 0.6) is 5.75 Å². The van der Waals surface area contributed by atoms with Crippen LogP contribution in [0.2, 0.25) is 5.02 Å². The van der Waals surface area contributed by atoms with Gasteiger partial charge in [0.2, 0.25) is 5.91 Å². The average Bonchev–Trinajstić information content (AvgIpc) is 3.50. The van der Waals surface area contributed by atoms with Gasteiger partial charge in [0.15, 0.2) is 0 Å². The van der Waals surface area contributed by atoms with Crippen molar-refractivity contribution in [3.8, 4) is 5.75 Å². The number of hydrogen-bond donors (Lipinski definition) is 2. The maximum Gasteiger partial charge on any atom is 0.236 e. The lowest BCUT2D eigenvalue weighted by molar-refractivity contribution is -0.268. The second-order valence-corrected chi connectivity index (χ2v) is 9.20. The Balaban J connectivity index is 1.09. The van der Waals surface area contributed by atoms with Crippen LogP contribution < -0.4 is 15.4 Å². The minimum Gasteiger partial charge on any atom is -0.871 e. The smallest absolute Gasteiger partial charge is 0.236 e. The molecule has 2 fully saturated rings. The topological polar surface area (TPSA) is 98.5 Å². The number of fused-ring (bicyclic) bond motifs is 1. The van der Waals surface area contributed by atoms with E-state index in [1.165, 1.54) is 12.1 Å². The number of amides is 1. The van der Waals surface area contributed by atoms with Crippen LogP contribution in [0, 0.1) is 0 Å². The van der Waals surface area contributed by atoms with Crippen LogP contribution >= 0.6 is 11.6 Å². The SMILES string of the molecule is O=C(CN1CC[C@@H](N(O)Nc2ccc([O-])c(Cl)c2)C1)N1CCN(c2ccc3occc3c2)CC1. The summed E-state index contributed by atoms with van der Waals surface area (Å²) in [6.45, 7) is 4.57. The molecule has 0 radical (unpaired) electrons. The standard InChI is InChI=1S/C24H28ClN5O4/c25-21-14-18(1-3-22(21)31)26-30(33)20-5-7-27(15-20)16-24(32)29-10-8-28(9-11-29)19-2-4-23-17(13-19)6-12-34-23/h1-4,6,12-14,20,26,31,33H,5,7-11,15-16H2/p-1/t20-/m1/s1. The number of carbonyl (C=O) groups is 1. The third-order valence-corrected chi connectivity index (χ3v) is 6.86. The molecule has 9 nitrogen and oxygen atoms in total. The normalized spacial score (nSPS) is 19.3. The minimum atomic E-state index is -0.262. The third-order valence-electron chi connectivity index (χ3n) is 6.56. The quantitative estimate of drug-likeness (QED) is 0.515. The number of piperazine rings is 1. The van der Waals surface area contributed by atoms with E-state index in [4.69, 9.17) is 16.0 Å². The predicted molar refractivity (Wildman–Crippen MR) is 128 cm³/mol. The van der Waals surface area contributed by atoms with Crippen LogP contribution in [0.15, 0.2) is 53.1 Å². The molecule has 34 heavy (non-hydrogen) atoms. The summed E-state index contributed by atoms with van der Waals surface area (Å²) in [5.74, 6) is -0.150. The van der Waals surface area contributed by atoms with Crippen LogP contribution in [-0.2, 0) is 4.79 Å². The maximum atomic E-state index is 12.9. The van der Waals surface area contributed by atoms with Crippen molar-refractivity contribution in [3.05, 3.63) is 53.8 Å². The summed E-state index contributed by atoms with van der Waals surface area (Å²) in [6, 6.07) is 12.4. The third kappa shape index (κ3) is 4.92. The summed E-state index contributed by atoms with van der Waals surface area (Å²) in [6.07, 6.45) is 2.41. The van der Waals surface area contributed by atoms with Crippen molar-refractivity contribution in [1.82, 2.24) is 15.0 Å². The maximum absolute atomic E-state index is 12.9. The van der Waals surface area contributed by atoms with E-state index >= 15 is 0 Å². The molecule has 1 aromatic heterocycles. The molecule has 1 amide bonds. The molecule has 2 N–H and O–H groups in total. The molecule has 0 bridgehead atoms. The van der Waals surface area contributed by atoms with Gasteiger partial charge >= 0.3 is 0 Å². The number of rotatable bonds is 6. The van der Waals surface area contributed by atoms with E-state index in [0.29, 0.717) is 38.3 Å². The Kier molecular flexibility index (Phi) is 6.51. The van der Waals surface area contributed by atoms with E-state index < -0.39 is 0 Å². The van der Waals surface area contributed by atoms with Crippen molar-refractivity contribution >= 4 is 39.9 Å². The fourth-order valence-electron chi connectivity index (χ4n) is 4.61. The number of likely N-dealkylation sites (tertiary alicyclic amines) is 1. The van der Waals surface area contributed by atoms with Crippen LogP contribution in [0.4, 0.5) is 11.4 Å². The van der Waals surface area contributed by atoms with Crippen molar-refractivity contribution < 1.29 is 19.5 Å². The van der Waals surface area contributed by atoms with Gasteiger partial charge in [-0.1, -0.05) is 23.4 Å². The molecule has 0 aliphatic carbocycles. The van der Waals surface area contributed by atoms with Gasteiger partial charge in [-0.2, -0.15) is 0 Å². The number of anilines is 2. The molecule has 5 rings (SSSR count). The molecule has 0 saturated carbocycles. The Hall–Kier alpha value is -2.98. The fourth-order valence-corrected chi connectivity index (χ4v) is 4.79. The first-order valence-corrected chi connectivity index (χ1v) is 11.8. The van der Waals surface area contributed by atoms with E-state index in [1.807, 2.05) is 17.0 Å². The van der Waals surface area contributed by atoms with E-state index in [1.54, 1.807) is 12.3 Å². The molecule has 1 atom stereocenters. The van der Waals surface area contributed by atoms with Crippen molar-refractivity contribution in [2.45, 2.75) is 12.5 Å². The lowest BCUT2D eigenvalue weighted by Gasteiger charge is -2.36. The van der Waals surface area contributed by atoms with Gasteiger partial charge in [0.05, 0.1) is 24.5 Å². The predicted octanol–water partition coefficient (Wildman–Crippen LogP) is 2.60. The van der Waals surface area contributed by atoms with Gasteiger partial charge in [-0.05, 0) is 42.8 Å². The number of hydroxylamine groups is 1. The Morgan fingerprint density at radius 3 is 2.76 bits per heavy atom. The average molecular weight is 485 g/mol. The molecule has 0 spiro atoms. The number of nitrogens with one attached hydrogen (secondary N) is 1. The number of nitrogens with zero attached hydrogens (tertiary/aromatic N) is 4. The summed E-state index contributed by atoms with van der Waals surface area (Å²) >= 11 is 5.86. The Morgan fingerprint density at radius 2 is 1.97 bits per heavy atom. The number of halogens is 1. The summed E-state index contributed by atoms with van der Waals surface area (Å²) < 4.78 is 5.42. The Morgan fingerprint density at radius 1 is 1.15 bits per heavy atom. The highest BCUT2D eigenvalue weighted by molar-refractivity contribution is 6.32. The van der Waals surface area contributed by atoms with Gasteiger partial charge < -0.3 is 19.3 Å². The van der Waals surface area contributed by atoms with Gasteiger partial charge in [-0.3, -0.25) is 20.3 Å². The second kappa shape index (κ2) is 9.71. The van der Waals surface area contributed by atoms with Crippen molar-refractivity contribution in [2.24, 2.45) is 0 Å². The summed E-state index contributed by atoms with van der Waals surface area (Å²) in [5, 5.41) is 24.1. The highest BCUT2D eigenvalue weighted by Gasteiger charge is 2.30. The largest absolute Gasteiger partial charge is 0.871 e. The minimum absolute atomic E-state index is 0.0965. The van der Waals surface area contributed by atoms with Gasteiger partial charge in [-0.25, -0.2) is 0 Å². The second-order valence-electron chi connectivity index (χ2n) is 8.79. The van der Waals surface area contributed by atoms with Crippen molar-refractivity contribution in [3.63, 3.8) is 0 Å². The summed E-state index contributed by atoms with van der Waals surface area (Å²) in [5.41, 5.74) is 5.41. The van der Waals surface area contributed by atoms with Crippen LogP contribution in [0.1, 0.15) is 6.42 Å². The molecule has 3 aromatic rings. The van der Waals surface area contributed by atoms with E-state index in [-0.39, 0.29) is 22.7 Å². The number of hydrogen-bond acceptors (Lipinski definition) is 8. The molecule has 0 unspecified atom stereocenters. The van der Waals surface area contributed by atoms with Crippen LogP contribution in [0.3, 0.4) is 0 Å². The first kappa shape index (κ1) is 22.8. The summed E-state index contributed by atoms with van der Waals surface area (Å²) in [7, 11) is 0.